The Bertz CT molecular complexity index is 648. The van der Waals surface area contributed by atoms with E-state index in [0.717, 1.165) is 6.42 Å². The number of rotatable bonds is 2. The van der Waals surface area contributed by atoms with Gasteiger partial charge in [0, 0.05) is 24.2 Å². The van der Waals surface area contributed by atoms with Crippen LogP contribution in [0.5, 0.6) is 0 Å². The number of sulfonamides is 1. The molecule has 0 saturated carbocycles. The Morgan fingerprint density at radius 1 is 1.14 bits per heavy atom. The van der Waals surface area contributed by atoms with Gasteiger partial charge in [-0.3, -0.25) is 4.68 Å². The predicted molar refractivity (Wildman–Crippen MR) is 89.7 cm³/mol. The highest BCUT2D eigenvalue weighted by molar-refractivity contribution is 7.88. The molecular formula is C16H29N3O2S. The monoisotopic (exact) mass is 327 g/mol. The van der Waals surface area contributed by atoms with Crippen LogP contribution in [0.3, 0.4) is 0 Å². The lowest BCUT2D eigenvalue weighted by Crippen LogP contribution is -2.30. The third-order valence-corrected chi connectivity index (χ3v) is 5.52. The molecule has 0 amide bonds. The van der Waals surface area contributed by atoms with Crippen molar-refractivity contribution in [3.05, 3.63) is 17.5 Å². The van der Waals surface area contributed by atoms with E-state index in [1.807, 2.05) is 6.20 Å². The second kappa shape index (κ2) is 5.34. The van der Waals surface area contributed by atoms with Crippen LogP contribution in [0.25, 0.3) is 0 Å². The van der Waals surface area contributed by atoms with Crippen molar-refractivity contribution >= 4 is 10.0 Å². The van der Waals surface area contributed by atoms with Crippen molar-refractivity contribution in [1.29, 1.82) is 0 Å². The molecule has 0 spiro atoms. The highest BCUT2D eigenvalue weighted by atomic mass is 32.2. The summed E-state index contributed by atoms with van der Waals surface area (Å²) in [6.07, 6.45) is 4.06. The van der Waals surface area contributed by atoms with E-state index in [2.05, 4.69) is 51.3 Å². The fourth-order valence-electron chi connectivity index (χ4n) is 3.15. The number of hydrogen-bond acceptors (Lipinski definition) is 3. The molecule has 1 fully saturated rings. The predicted octanol–water partition coefficient (Wildman–Crippen LogP) is 2.68. The van der Waals surface area contributed by atoms with E-state index in [9.17, 15) is 8.42 Å². The first-order chi connectivity index (χ1) is 9.82. The number of hydrogen-bond donors (Lipinski definition) is 0. The van der Waals surface area contributed by atoms with Gasteiger partial charge >= 0.3 is 0 Å². The lowest BCUT2D eigenvalue weighted by Gasteiger charge is -2.29. The van der Waals surface area contributed by atoms with E-state index in [0.29, 0.717) is 13.1 Å². The van der Waals surface area contributed by atoms with Crippen molar-refractivity contribution in [3.63, 3.8) is 0 Å². The molecule has 0 aromatic carbocycles. The Morgan fingerprint density at radius 2 is 1.73 bits per heavy atom. The largest absolute Gasteiger partial charge is 0.264 e. The van der Waals surface area contributed by atoms with Crippen molar-refractivity contribution in [2.24, 2.45) is 0 Å². The zero-order chi connectivity index (χ0) is 16.9. The van der Waals surface area contributed by atoms with Crippen LogP contribution in [-0.4, -0.2) is 41.8 Å². The molecule has 1 aromatic heterocycles. The average molecular weight is 327 g/mol. The van der Waals surface area contributed by atoms with E-state index >= 15 is 0 Å². The van der Waals surface area contributed by atoms with Crippen LogP contribution in [0.15, 0.2) is 6.20 Å². The molecule has 5 nitrogen and oxygen atoms in total. The molecule has 0 N–H and O–H groups in total. The molecule has 1 aliphatic rings. The fourth-order valence-corrected chi connectivity index (χ4v) is 4.03. The van der Waals surface area contributed by atoms with Crippen LogP contribution in [0.4, 0.5) is 0 Å². The molecule has 1 aliphatic heterocycles. The molecule has 1 unspecified atom stereocenters. The van der Waals surface area contributed by atoms with Crippen molar-refractivity contribution in [3.8, 4) is 0 Å². The maximum absolute atomic E-state index is 11.8. The summed E-state index contributed by atoms with van der Waals surface area (Å²) in [5.74, 6) is 0. The van der Waals surface area contributed by atoms with Crippen molar-refractivity contribution < 1.29 is 8.42 Å². The van der Waals surface area contributed by atoms with Crippen LogP contribution >= 0.6 is 0 Å². The second-order valence-electron chi connectivity index (χ2n) is 8.41. The zero-order valence-electron chi connectivity index (χ0n) is 14.8. The minimum Gasteiger partial charge on any atom is -0.264 e. The summed E-state index contributed by atoms with van der Waals surface area (Å²) in [6, 6.07) is 0.125. The third-order valence-electron chi connectivity index (χ3n) is 4.25. The van der Waals surface area contributed by atoms with E-state index in [1.54, 1.807) is 4.31 Å². The lowest BCUT2D eigenvalue weighted by molar-refractivity contribution is 0.396. The number of aromatic nitrogens is 2. The zero-order valence-corrected chi connectivity index (χ0v) is 15.7. The van der Waals surface area contributed by atoms with E-state index < -0.39 is 10.0 Å². The molecule has 0 aliphatic carbocycles. The summed E-state index contributed by atoms with van der Waals surface area (Å²) in [4.78, 5) is 0. The summed E-state index contributed by atoms with van der Waals surface area (Å²) in [6.45, 7) is 14.3. The Kier molecular flexibility index (Phi) is 4.24. The summed E-state index contributed by atoms with van der Waals surface area (Å²) in [5.41, 5.74) is 2.46. The molecule has 1 saturated heterocycles. The van der Waals surface area contributed by atoms with Crippen LogP contribution in [0.1, 0.15) is 65.3 Å². The molecule has 22 heavy (non-hydrogen) atoms. The normalized spacial score (nSPS) is 21.5. The van der Waals surface area contributed by atoms with Gasteiger partial charge in [0.1, 0.15) is 0 Å². The molecule has 2 rings (SSSR count). The maximum atomic E-state index is 11.8. The Hall–Kier alpha value is -0.880. The molecule has 0 bridgehead atoms. The summed E-state index contributed by atoms with van der Waals surface area (Å²) < 4.78 is 27.1. The Labute approximate surface area is 134 Å². The van der Waals surface area contributed by atoms with E-state index in [4.69, 9.17) is 0 Å². The van der Waals surface area contributed by atoms with Crippen molar-refractivity contribution in [2.45, 2.75) is 64.8 Å². The van der Waals surface area contributed by atoms with Gasteiger partial charge in [-0.25, -0.2) is 8.42 Å². The van der Waals surface area contributed by atoms with Crippen LogP contribution in [0, 0.1) is 0 Å². The van der Waals surface area contributed by atoms with Gasteiger partial charge in [-0.1, -0.05) is 41.5 Å². The van der Waals surface area contributed by atoms with Gasteiger partial charge in [0.05, 0.1) is 18.5 Å². The Morgan fingerprint density at radius 3 is 2.14 bits per heavy atom. The summed E-state index contributed by atoms with van der Waals surface area (Å²) in [7, 11) is -3.12. The third kappa shape index (κ3) is 3.38. The second-order valence-corrected chi connectivity index (χ2v) is 10.4. The maximum Gasteiger partial charge on any atom is 0.211 e. The minimum absolute atomic E-state index is 0.0238. The average Bonchev–Trinajstić information content (AvgIpc) is 2.92. The minimum atomic E-state index is -3.12. The van der Waals surface area contributed by atoms with Crippen LogP contribution < -0.4 is 0 Å². The standard InChI is InChI=1S/C16H29N3O2S/c1-15(2,3)13-10-17-19(14(13)16(4,5)6)12-8-9-18(11-12)22(7,20)21/h10,12H,8-9,11H2,1-7H3. The first kappa shape index (κ1) is 17.5. The van der Waals surface area contributed by atoms with Crippen molar-refractivity contribution in [1.82, 2.24) is 14.1 Å². The smallest absolute Gasteiger partial charge is 0.211 e. The molecular weight excluding hydrogens is 298 g/mol. The topological polar surface area (TPSA) is 55.2 Å². The van der Waals surface area contributed by atoms with Gasteiger partial charge in [-0.05, 0) is 17.4 Å². The van der Waals surface area contributed by atoms with Crippen molar-refractivity contribution in [2.75, 3.05) is 19.3 Å². The van der Waals surface area contributed by atoms with Gasteiger partial charge < -0.3 is 0 Å². The highest BCUT2D eigenvalue weighted by Crippen LogP contribution is 2.37. The summed E-state index contributed by atoms with van der Waals surface area (Å²) in [5, 5.41) is 4.64. The van der Waals surface area contributed by atoms with E-state index in [-0.39, 0.29) is 16.9 Å². The first-order valence-corrected chi connectivity index (χ1v) is 9.70. The summed E-state index contributed by atoms with van der Waals surface area (Å²) >= 11 is 0. The van der Waals surface area contributed by atoms with Gasteiger partial charge in [0.2, 0.25) is 10.0 Å². The van der Waals surface area contributed by atoms with Gasteiger partial charge in [-0.2, -0.15) is 9.40 Å². The number of nitrogens with zero attached hydrogens (tertiary/aromatic N) is 3. The Balaban J connectivity index is 2.44. The van der Waals surface area contributed by atoms with Gasteiger partial charge in [-0.15, -0.1) is 0 Å². The fraction of sp³-hybridized carbons (Fsp3) is 0.812. The van der Waals surface area contributed by atoms with Crippen LogP contribution in [0.2, 0.25) is 0 Å². The molecule has 1 atom stereocenters. The van der Waals surface area contributed by atoms with Gasteiger partial charge in [0.15, 0.2) is 0 Å². The molecule has 126 valence electrons. The molecule has 6 heteroatoms. The molecule has 2 heterocycles. The quantitative estimate of drug-likeness (QED) is 0.839. The van der Waals surface area contributed by atoms with Crippen LogP contribution in [-0.2, 0) is 20.9 Å². The SMILES string of the molecule is CC(C)(C)c1cnn(C2CCN(S(C)(=O)=O)C2)c1C(C)(C)C. The molecule has 1 aromatic rings. The lowest BCUT2D eigenvalue weighted by atomic mass is 9.79. The van der Waals surface area contributed by atoms with Gasteiger partial charge in [0.25, 0.3) is 0 Å². The highest BCUT2D eigenvalue weighted by Gasteiger charge is 2.36. The molecule has 0 radical (unpaired) electrons. The van der Waals surface area contributed by atoms with E-state index in [1.165, 1.54) is 17.5 Å². The first-order valence-electron chi connectivity index (χ1n) is 7.85.